The molecule has 2 aromatic heterocycles. The number of carbonyl (C=O) groups excluding carboxylic acids is 2. The van der Waals surface area contributed by atoms with E-state index in [0.717, 1.165) is 30.6 Å². The van der Waals surface area contributed by atoms with Gasteiger partial charge in [-0.05, 0) is 37.1 Å². The van der Waals surface area contributed by atoms with Crippen molar-refractivity contribution < 1.29 is 9.59 Å². The topological polar surface area (TPSA) is 84.0 Å². The average Bonchev–Trinajstić information content (AvgIpc) is 3.43. The number of anilines is 2. The van der Waals surface area contributed by atoms with Crippen molar-refractivity contribution in [1.82, 2.24) is 9.97 Å². The van der Waals surface area contributed by atoms with Gasteiger partial charge in [-0.25, -0.2) is 14.8 Å². The zero-order valence-electron chi connectivity index (χ0n) is 16.6. The monoisotopic (exact) mass is 472 g/mol. The molecule has 160 valence electrons. The Balaban J connectivity index is 1.39. The lowest BCUT2D eigenvalue weighted by Gasteiger charge is -2.12. The minimum atomic E-state index is -0.508. The third-order valence-electron chi connectivity index (χ3n) is 5.02. The summed E-state index contributed by atoms with van der Waals surface area (Å²) in [6.45, 7) is 0. The van der Waals surface area contributed by atoms with Crippen LogP contribution in [0, 0.1) is 5.92 Å². The summed E-state index contributed by atoms with van der Waals surface area (Å²) in [5.74, 6) is 0.913. The van der Waals surface area contributed by atoms with Gasteiger partial charge >= 0.3 is 6.03 Å². The molecule has 0 radical (unpaired) electrons. The summed E-state index contributed by atoms with van der Waals surface area (Å²) < 4.78 is 0.536. The molecule has 2 heterocycles. The third kappa shape index (κ3) is 5.64. The number of rotatable bonds is 7. The van der Waals surface area contributed by atoms with Crippen LogP contribution in [0.15, 0.2) is 53.6 Å². The Morgan fingerprint density at radius 3 is 2.65 bits per heavy atom. The lowest BCUT2D eigenvalue weighted by molar-refractivity contribution is 0.0923. The standard InChI is InChI=1S/C22H21ClN4O2S2/c23-19-17(13-30-15-9-2-1-3-10-15)25-22(31-19)27-21(29)26-20-16(11-6-12-24-20)18(28)14-7-4-5-8-14/h1-3,6,9-12,14H,4-5,7-8,13H2,(H2,24,25,26,27,29). The predicted octanol–water partition coefficient (Wildman–Crippen LogP) is 6.50. The van der Waals surface area contributed by atoms with Crippen molar-refractivity contribution in [2.45, 2.75) is 36.3 Å². The van der Waals surface area contributed by atoms with Crippen LogP contribution < -0.4 is 10.6 Å². The van der Waals surface area contributed by atoms with Gasteiger partial charge in [-0.2, -0.15) is 0 Å². The Hall–Kier alpha value is -2.42. The van der Waals surface area contributed by atoms with Crippen LogP contribution in [0.5, 0.6) is 0 Å². The van der Waals surface area contributed by atoms with Gasteiger partial charge < -0.3 is 0 Å². The smallest absolute Gasteiger partial charge is 0.294 e. The molecular weight excluding hydrogens is 452 g/mol. The number of nitrogens with zero attached hydrogens (tertiary/aromatic N) is 2. The molecule has 2 N–H and O–H groups in total. The molecule has 31 heavy (non-hydrogen) atoms. The van der Waals surface area contributed by atoms with Gasteiger partial charge in [0.1, 0.15) is 10.2 Å². The maximum atomic E-state index is 12.8. The zero-order chi connectivity index (χ0) is 21.6. The molecule has 1 aromatic carbocycles. The lowest BCUT2D eigenvalue weighted by atomic mass is 9.97. The highest BCUT2D eigenvalue weighted by atomic mass is 35.5. The van der Waals surface area contributed by atoms with Crippen LogP contribution in [0.3, 0.4) is 0 Å². The molecule has 3 aromatic rings. The maximum absolute atomic E-state index is 12.8. The summed E-state index contributed by atoms with van der Waals surface area (Å²) in [6.07, 6.45) is 5.47. The van der Waals surface area contributed by atoms with Gasteiger partial charge in [0.25, 0.3) is 0 Å². The number of halogens is 1. The van der Waals surface area contributed by atoms with Crippen LogP contribution in [0.4, 0.5) is 15.7 Å². The number of carbonyl (C=O) groups is 2. The SMILES string of the molecule is O=C(Nc1nc(CSc2ccccc2)c(Cl)s1)Nc1ncccc1C(=O)C1CCCC1. The van der Waals surface area contributed by atoms with E-state index in [4.69, 9.17) is 11.6 Å². The fraction of sp³-hybridized carbons (Fsp3) is 0.273. The molecule has 1 fully saturated rings. The fourth-order valence-corrected chi connectivity index (χ4v) is 5.56. The third-order valence-corrected chi connectivity index (χ3v) is 7.29. The molecule has 2 amide bonds. The lowest BCUT2D eigenvalue weighted by Crippen LogP contribution is -2.23. The van der Waals surface area contributed by atoms with Crippen molar-refractivity contribution in [3.05, 3.63) is 64.3 Å². The minimum Gasteiger partial charge on any atom is -0.294 e. The number of Topliss-reactive ketones (excluding diaryl/α,β-unsaturated/α-hetero) is 1. The van der Waals surface area contributed by atoms with Gasteiger partial charge in [-0.1, -0.05) is 54.0 Å². The van der Waals surface area contributed by atoms with E-state index in [1.54, 1.807) is 30.1 Å². The van der Waals surface area contributed by atoms with Gasteiger partial charge in [-0.3, -0.25) is 15.4 Å². The average molecular weight is 473 g/mol. The summed E-state index contributed by atoms with van der Waals surface area (Å²) in [7, 11) is 0. The number of pyridine rings is 1. The highest BCUT2D eigenvalue weighted by molar-refractivity contribution is 7.98. The Morgan fingerprint density at radius 2 is 1.87 bits per heavy atom. The Kier molecular flexibility index (Phi) is 7.21. The first-order valence-electron chi connectivity index (χ1n) is 10.0. The van der Waals surface area contributed by atoms with Crippen molar-refractivity contribution in [2.75, 3.05) is 10.6 Å². The van der Waals surface area contributed by atoms with Crippen molar-refractivity contribution in [2.24, 2.45) is 5.92 Å². The number of ketones is 1. The summed E-state index contributed by atoms with van der Waals surface area (Å²) in [5.41, 5.74) is 1.16. The Bertz CT molecular complexity index is 1070. The molecule has 0 atom stereocenters. The summed E-state index contributed by atoms with van der Waals surface area (Å²) in [4.78, 5) is 35.1. The van der Waals surface area contributed by atoms with Gasteiger partial charge in [0.15, 0.2) is 10.9 Å². The van der Waals surface area contributed by atoms with E-state index < -0.39 is 6.03 Å². The molecule has 0 unspecified atom stereocenters. The van der Waals surface area contributed by atoms with E-state index in [-0.39, 0.29) is 17.5 Å². The largest absolute Gasteiger partial charge is 0.326 e. The first kappa shape index (κ1) is 21.8. The second kappa shape index (κ2) is 10.3. The van der Waals surface area contributed by atoms with Crippen molar-refractivity contribution in [3.8, 4) is 0 Å². The number of hydrogen-bond acceptors (Lipinski definition) is 6. The number of hydrogen-bond donors (Lipinski definition) is 2. The molecule has 1 saturated carbocycles. The fourth-order valence-electron chi connectivity index (χ4n) is 3.49. The van der Waals surface area contributed by atoms with Gasteiger partial charge in [0.2, 0.25) is 0 Å². The molecule has 9 heteroatoms. The number of thiazole rings is 1. The molecule has 0 saturated heterocycles. The number of amides is 2. The molecule has 6 nitrogen and oxygen atoms in total. The normalized spacial score (nSPS) is 13.8. The van der Waals surface area contributed by atoms with Gasteiger partial charge in [-0.15, -0.1) is 11.8 Å². The first-order chi connectivity index (χ1) is 15.1. The molecule has 0 bridgehead atoms. The van der Waals surface area contributed by atoms with E-state index in [1.807, 2.05) is 30.3 Å². The van der Waals surface area contributed by atoms with Crippen LogP contribution in [-0.4, -0.2) is 21.8 Å². The molecular formula is C22H21ClN4O2S2. The number of thioether (sulfide) groups is 1. The highest BCUT2D eigenvalue weighted by Crippen LogP contribution is 2.33. The van der Waals surface area contributed by atoms with Gasteiger partial charge in [0, 0.05) is 22.8 Å². The molecule has 0 spiro atoms. The van der Waals surface area contributed by atoms with Crippen molar-refractivity contribution in [1.29, 1.82) is 0 Å². The predicted molar refractivity (Wildman–Crippen MR) is 126 cm³/mol. The highest BCUT2D eigenvalue weighted by Gasteiger charge is 2.26. The summed E-state index contributed by atoms with van der Waals surface area (Å²) in [5, 5.41) is 5.78. The summed E-state index contributed by atoms with van der Waals surface area (Å²) in [6, 6.07) is 12.9. The van der Waals surface area contributed by atoms with E-state index in [1.165, 1.54) is 11.3 Å². The van der Waals surface area contributed by atoms with Crippen LogP contribution in [-0.2, 0) is 5.75 Å². The second-order valence-corrected chi connectivity index (χ2v) is 9.82. The Morgan fingerprint density at radius 1 is 1.10 bits per heavy atom. The number of benzene rings is 1. The zero-order valence-corrected chi connectivity index (χ0v) is 19.0. The van der Waals surface area contributed by atoms with Crippen LogP contribution in [0.25, 0.3) is 0 Å². The quantitative estimate of drug-likeness (QED) is 0.303. The minimum absolute atomic E-state index is 0.00949. The molecule has 4 rings (SSSR count). The van der Waals surface area contributed by atoms with Crippen LogP contribution >= 0.6 is 34.7 Å². The first-order valence-corrected chi connectivity index (χ1v) is 12.2. The summed E-state index contributed by atoms with van der Waals surface area (Å²) >= 11 is 9.13. The molecule has 1 aliphatic rings. The number of aromatic nitrogens is 2. The van der Waals surface area contributed by atoms with Crippen LogP contribution in [0.2, 0.25) is 4.34 Å². The molecule has 0 aliphatic heterocycles. The van der Waals surface area contributed by atoms with Crippen molar-refractivity contribution in [3.63, 3.8) is 0 Å². The van der Waals surface area contributed by atoms with Crippen molar-refractivity contribution >= 4 is 57.5 Å². The van der Waals surface area contributed by atoms with E-state index in [0.29, 0.717) is 26.5 Å². The molecule has 1 aliphatic carbocycles. The van der Waals surface area contributed by atoms with E-state index in [2.05, 4.69) is 20.6 Å². The van der Waals surface area contributed by atoms with E-state index >= 15 is 0 Å². The van der Waals surface area contributed by atoms with E-state index in [9.17, 15) is 9.59 Å². The van der Waals surface area contributed by atoms with Crippen LogP contribution in [0.1, 0.15) is 41.7 Å². The number of urea groups is 1. The maximum Gasteiger partial charge on any atom is 0.326 e. The number of nitrogens with one attached hydrogen (secondary N) is 2. The van der Waals surface area contributed by atoms with Gasteiger partial charge in [0.05, 0.1) is 11.3 Å². The Labute approximate surface area is 193 Å². The second-order valence-electron chi connectivity index (χ2n) is 7.17.